The van der Waals surface area contributed by atoms with Gasteiger partial charge in [-0.05, 0) is 13.3 Å². The largest absolute Gasteiger partial charge is 0.480 e. The monoisotopic (exact) mass is 237 g/mol. The SMILES string of the molecule is CCCC1N[C@@H](C(=O)O)Cc2ncn(CC)c21. The van der Waals surface area contributed by atoms with Crippen molar-refractivity contribution in [3.05, 3.63) is 17.7 Å². The van der Waals surface area contributed by atoms with Crippen LogP contribution in [0.1, 0.15) is 44.1 Å². The number of nitrogens with zero attached hydrogens (tertiary/aromatic N) is 2. The molecule has 0 amide bonds. The van der Waals surface area contributed by atoms with Crippen molar-refractivity contribution in [1.82, 2.24) is 14.9 Å². The van der Waals surface area contributed by atoms with Crippen molar-refractivity contribution in [3.63, 3.8) is 0 Å². The van der Waals surface area contributed by atoms with E-state index >= 15 is 0 Å². The van der Waals surface area contributed by atoms with Crippen LogP contribution >= 0.6 is 0 Å². The van der Waals surface area contributed by atoms with Crippen LogP contribution in [0.3, 0.4) is 0 Å². The van der Waals surface area contributed by atoms with Crippen molar-refractivity contribution in [1.29, 1.82) is 0 Å². The van der Waals surface area contributed by atoms with E-state index in [2.05, 4.69) is 28.7 Å². The fourth-order valence-electron chi connectivity index (χ4n) is 2.49. The van der Waals surface area contributed by atoms with E-state index in [1.54, 1.807) is 0 Å². The molecule has 17 heavy (non-hydrogen) atoms. The quantitative estimate of drug-likeness (QED) is 0.829. The van der Waals surface area contributed by atoms with Gasteiger partial charge in [0, 0.05) is 13.0 Å². The molecule has 0 aromatic carbocycles. The molecule has 5 heteroatoms. The molecule has 0 aliphatic carbocycles. The van der Waals surface area contributed by atoms with Crippen LogP contribution < -0.4 is 5.32 Å². The summed E-state index contributed by atoms with van der Waals surface area (Å²) in [6.07, 6.45) is 4.28. The minimum absolute atomic E-state index is 0.118. The molecule has 2 atom stereocenters. The summed E-state index contributed by atoms with van der Waals surface area (Å²) in [4.78, 5) is 15.4. The average Bonchev–Trinajstić information content (AvgIpc) is 2.72. The number of hydrogen-bond donors (Lipinski definition) is 2. The Morgan fingerprint density at radius 3 is 3.00 bits per heavy atom. The predicted octanol–water partition coefficient (Wildman–Crippen LogP) is 1.34. The number of nitrogens with one attached hydrogen (secondary N) is 1. The number of rotatable bonds is 4. The molecule has 0 fully saturated rings. The zero-order chi connectivity index (χ0) is 12.4. The zero-order valence-corrected chi connectivity index (χ0v) is 10.3. The molecule has 1 aliphatic heterocycles. The van der Waals surface area contributed by atoms with Gasteiger partial charge in [0.2, 0.25) is 0 Å². The number of aromatic nitrogens is 2. The maximum atomic E-state index is 11.1. The third kappa shape index (κ3) is 2.20. The normalized spacial score (nSPS) is 23.4. The van der Waals surface area contributed by atoms with Gasteiger partial charge in [0.1, 0.15) is 6.04 Å². The molecule has 2 heterocycles. The van der Waals surface area contributed by atoms with Crippen molar-refractivity contribution in [3.8, 4) is 0 Å². The topological polar surface area (TPSA) is 67.2 Å². The van der Waals surface area contributed by atoms with E-state index in [-0.39, 0.29) is 6.04 Å². The highest BCUT2D eigenvalue weighted by molar-refractivity contribution is 5.74. The second-order valence-electron chi connectivity index (χ2n) is 4.47. The van der Waals surface area contributed by atoms with Crippen LogP contribution in [0.5, 0.6) is 0 Å². The van der Waals surface area contributed by atoms with Crippen LogP contribution in [0.4, 0.5) is 0 Å². The Morgan fingerprint density at radius 2 is 2.41 bits per heavy atom. The van der Waals surface area contributed by atoms with E-state index in [0.717, 1.165) is 25.1 Å². The Hall–Kier alpha value is -1.36. The number of fused-ring (bicyclic) bond motifs is 1. The number of aliphatic carboxylic acids is 1. The van der Waals surface area contributed by atoms with Gasteiger partial charge in [0.25, 0.3) is 0 Å². The molecule has 1 aromatic rings. The van der Waals surface area contributed by atoms with Crippen molar-refractivity contribution in [2.24, 2.45) is 0 Å². The molecule has 0 spiro atoms. The fraction of sp³-hybridized carbons (Fsp3) is 0.667. The Morgan fingerprint density at radius 1 is 1.65 bits per heavy atom. The van der Waals surface area contributed by atoms with Crippen molar-refractivity contribution >= 4 is 5.97 Å². The van der Waals surface area contributed by atoms with Crippen LogP contribution in [-0.2, 0) is 17.8 Å². The molecule has 2 N–H and O–H groups in total. The van der Waals surface area contributed by atoms with E-state index in [1.807, 2.05) is 6.33 Å². The van der Waals surface area contributed by atoms with Crippen molar-refractivity contribution in [2.75, 3.05) is 0 Å². The molecular weight excluding hydrogens is 218 g/mol. The predicted molar refractivity (Wildman–Crippen MR) is 63.8 cm³/mol. The molecule has 2 rings (SSSR count). The Labute approximate surface area is 101 Å². The number of carboxylic acid groups (broad SMARTS) is 1. The van der Waals surface area contributed by atoms with E-state index in [4.69, 9.17) is 5.11 Å². The molecular formula is C12H19N3O2. The number of imidazole rings is 1. The summed E-state index contributed by atoms with van der Waals surface area (Å²) < 4.78 is 2.11. The minimum atomic E-state index is -0.789. The van der Waals surface area contributed by atoms with Gasteiger partial charge in [0.05, 0.1) is 23.8 Å². The van der Waals surface area contributed by atoms with Gasteiger partial charge in [-0.1, -0.05) is 13.3 Å². The lowest BCUT2D eigenvalue weighted by atomic mass is 9.96. The summed E-state index contributed by atoms with van der Waals surface area (Å²) in [7, 11) is 0. The zero-order valence-electron chi connectivity index (χ0n) is 10.3. The number of carboxylic acids is 1. The van der Waals surface area contributed by atoms with Crippen LogP contribution in [0.25, 0.3) is 0 Å². The maximum Gasteiger partial charge on any atom is 0.321 e. The lowest BCUT2D eigenvalue weighted by Gasteiger charge is -2.29. The molecule has 5 nitrogen and oxygen atoms in total. The first-order chi connectivity index (χ1) is 8.17. The minimum Gasteiger partial charge on any atom is -0.480 e. The highest BCUT2D eigenvalue weighted by Gasteiger charge is 2.32. The van der Waals surface area contributed by atoms with Crippen LogP contribution in [0.2, 0.25) is 0 Å². The van der Waals surface area contributed by atoms with Gasteiger partial charge in [-0.15, -0.1) is 0 Å². The van der Waals surface area contributed by atoms with Gasteiger partial charge in [-0.25, -0.2) is 4.98 Å². The third-order valence-corrected chi connectivity index (χ3v) is 3.30. The summed E-state index contributed by atoms with van der Waals surface area (Å²) in [6.45, 7) is 5.06. The first-order valence-corrected chi connectivity index (χ1v) is 6.20. The molecule has 0 saturated heterocycles. The van der Waals surface area contributed by atoms with E-state index in [0.29, 0.717) is 6.42 Å². The first kappa shape index (κ1) is 12.1. The first-order valence-electron chi connectivity index (χ1n) is 6.20. The summed E-state index contributed by atoms with van der Waals surface area (Å²) in [6, 6.07) is -0.383. The third-order valence-electron chi connectivity index (χ3n) is 3.30. The highest BCUT2D eigenvalue weighted by atomic mass is 16.4. The van der Waals surface area contributed by atoms with E-state index in [1.165, 1.54) is 5.69 Å². The van der Waals surface area contributed by atoms with Crippen LogP contribution in [-0.4, -0.2) is 26.7 Å². The second kappa shape index (κ2) is 4.87. The van der Waals surface area contributed by atoms with Gasteiger partial charge < -0.3 is 9.67 Å². The number of hydrogen-bond acceptors (Lipinski definition) is 3. The second-order valence-corrected chi connectivity index (χ2v) is 4.47. The molecule has 0 radical (unpaired) electrons. The average molecular weight is 237 g/mol. The Balaban J connectivity index is 2.33. The molecule has 1 aliphatic rings. The van der Waals surface area contributed by atoms with Gasteiger partial charge in [-0.2, -0.15) is 0 Å². The summed E-state index contributed by atoms with van der Waals surface area (Å²) in [5, 5.41) is 12.3. The maximum absolute atomic E-state index is 11.1. The smallest absolute Gasteiger partial charge is 0.321 e. The molecule has 0 bridgehead atoms. The van der Waals surface area contributed by atoms with Crippen LogP contribution in [0, 0.1) is 0 Å². The Bertz CT molecular complexity index is 414. The van der Waals surface area contributed by atoms with Gasteiger partial charge >= 0.3 is 5.97 Å². The number of aryl methyl sites for hydroxylation is 1. The van der Waals surface area contributed by atoms with Crippen molar-refractivity contribution < 1.29 is 9.90 Å². The summed E-state index contributed by atoms with van der Waals surface area (Å²) >= 11 is 0. The summed E-state index contributed by atoms with van der Waals surface area (Å²) in [5.74, 6) is -0.789. The Kier molecular flexibility index (Phi) is 3.47. The van der Waals surface area contributed by atoms with Crippen molar-refractivity contribution in [2.45, 2.75) is 51.7 Å². The molecule has 0 saturated carbocycles. The fourth-order valence-corrected chi connectivity index (χ4v) is 2.49. The molecule has 94 valence electrons. The standard InChI is InChI=1S/C12H19N3O2/c1-3-5-8-11-9(13-7-15(11)4-2)6-10(14-8)12(16)17/h7-8,10,14H,3-6H2,1-2H3,(H,16,17)/t8?,10-/m1/s1. The summed E-state index contributed by atoms with van der Waals surface area (Å²) in [5.41, 5.74) is 2.11. The lowest BCUT2D eigenvalue weighted by Crippen LogP contribution is -2.45. The van der Waals surface area contributed by atoms with E-state index < -0.39 is 12.0 Å². The number of carbonyl (C=O) groups is 1. The van der Waals surface area contributed by atoms with Crippen LogP contribution in [0.15, 0.2) is 6.33 Å². The highest BCUT2D eigenvalue weighted by Crippen LogP contribution is 2.28. The van der Waals surface area contributed by atoms with E-state index in [9.17, 15) is 4.79 Å². The van der Waals surface area contributed by atoms with Gasteiger partial charge in [0.15, 0.2) is 0 Å². The molecule has 1 aromatic heterocycles. The molecule has 1 unspecified atom stereocenters. The lowest BCUT2D eigenvalue weighted by molar-refractivity contribution is -0.140. The van der Waals surface area contributed by atoms with Gasteiger partial charge in [-0.3, -0.25) is 10.1 Å².